The maximum atomic E-state index is 6.18. The third-order valence-corrected chi connectivity index (χ3v) is 4.22. The van der Waals surface area contributed by atoms with Crippen LogP contribution in [0.15, 0.2) is 24.3 Å². The minimum Gasteiger partial charge on any atom is -0.381 e. The highest BCUT2D eigenvalue weighted by Crippen LogP contribution is 2.32. The van der Waals surface area contributed by atoms with E-state index in [4.69, 9.17) is 11.6 Å². The maximum absolute atomic E-state index is 6.18. The van der Waals surface area contributed by atoms with E-state index >= 15 is 0 Å². The molecular weight excluding hydrogens is 230 g/mol. The van der Waals surface area contributed by atoms with Crippen LogP contribution < -0.4 is 5.32 Å². The molecule has 2 rings (SSSR count). The summed E-state index contributed by atoms with van der Waals surface area (Å²) in [6.45, 7) is 4.67. The third kappa shape index (κ3) is 3.38. The lowest BCUT2D eigenvalue weighted by atomic mass is 9.79. The zero-order chi connectivity index (χ0) is 12.3. The molecule has 0 aromatic heterocycles. The molecule has 1 aliphatic rings. The Kier molecular flexibility index (Phi) is 4.33. The summed E-state index contributed by atoms with van der Waals surface area (Å²) in [6.07, 6.45) is 5.28. The summed E-state index contributed by atoms with van der Waals surface area (Å²) in [5.74, 6) is 1.66. The summed E-state index contributed by atoms with van der Waals surface area (Å²) >= 11 is 6.18. The number of benzene rings is 1. The van der Waals surface area contributed by atoms with Crippen LogP contribution in [-0.4, -0.2) is 6.04 Å². The van der Waals surface area contributed by atoms with E-state index in [9.17, 15) is 0 Å². The van der Waals surface area contributed by atoms with Crippen LogP contribution in [0, 0.1) is 11.8 Å². The molecule has 2 atom stereocenters. The van der Waals surface area contributed by atoms with Crippen molar-refractivity contribution in [1.29, 1.82) is 0 Å². The van der Waals surface area contributed by atoms with Crippen LogP contribution in [0.25, 0.3) is 0 Å². The van der Waals surface area contributed by atoms with Gasteiger partial charge in [-0.25, -0.2) is 0 Å². The second kappa shape index (κ2) is 5.77. The lowest BCUT2D eigenvalue weighted by Gasteiger charge is -2.32. The normalized spacial score (nSPS) is 24.9. The van der Waals surface area contributed by atoms with Gasteiger partial charge in [-0.15, -0.1) is 0 Å². The summed E-state index contributed by atoms with van der Waals surface area (Å²) in [5, 5.41) is 4.43. The highest BCUT2D eigenvalue weighted by molar-refractivity contribution is 6.33. The van der Waals surface area contributed by atoms with Crippen molar-refractivity contribution in [2.45, 2.75) is 45.6 Å². The van der Waals surface area contributed by atoms with Gasteiger partial charge < -0.3 is 5.32 Å². The van der Waals surface area contributed by atoms with Crippen LogP contribution in [0.1, 0.15) is 39.5 Å². The summed E-state index contributed by atoms with van der Waals surface area (Å²) in [6, 6.07) is 8.63. The number of hydrogen-bond acceptors (Lipinski definition) is 1. The first-order valence-corrected chi connectivity index (χ1v) is 7.05. The molecule has 1 aliphatic carbocycles. The number of rotatable bonds is 3. The molecule has 0 aliphatic heterocycles. The fraction of sp³-hybridized carbons (Fsp3) is 0.600. The number of para-hydroxylation sites is 1. The highest BCUT2D eigenvalue weighted by atomic mass is 35.5. The van der Waals surface area contributed by atoms with Crippen molar-refractivity contribution in [1.82, 2.24) is 0 Å². The lowest BCUT2D eigenvalue weighted by Crippen LogP contribution is -2.29. The molecule has 0 spiro atoms. The first kappa shape index (κ1) is 12.8. The molecule has 1 aromatic rings. The number of anilines is 1. The molecule has 1 nitrogen and oxygen atoms in total. The number of hydrogen-bond donors (Lipinski definition) is 1. The van der Waals surface area contributed by atoms with Crippen molar-refractivity contribution >= 4 is 17.3 Å². The van der Waals surface area contributed by atoms with E-state index in [1.165, 1.54) is 25.7 Å². The van der Waals surface area contributed by atoms with Crippen molar-refractivity contribution in [2.75, 3.05) is 5.32 Å². The van der Waals surface area contributed by atoms with E-state index in [1.807, 2.05) is 18.2 Å². The number of halogens is 1. The second-order valence-electron chi connectivity index (χ2n) is 5.49. The average Bonchev–Trinajstić information content (AvgIpc) is 2.32. The minimum atomic E-state index is 0.594. The predicted molar refractivity (Wildman–Crippen MR) is 75.7 cm³/mol. The standard InChI is InChI=1S/C15H22ClN/c1-11(2)12-6-5-7-13(10-12)17-15-9-4-3-8-14(15)16/h3-4,8-9,11-13,17H,5-7,10H2,1-2H3. The zero-order valence-electron chi connectivity index (χ0n) is 10.7. The summed E-state index contributed by atoms with van der Waals surface area (Å²) < 4.78 is 0. The Bertz CT molecular complexity index is 362. The molecule has 2 unspecified atom stereocenters. The first-order valence-electron chi connectivity index (χ1n) is 6.68. The van der Waals surface area contributed by atoms with Crippen LogP contribution >= 0.6 is 11.6 Å². The molecule has 1 fully saturated rings. The summed E-state index contributed by atoms with van der Waals surface area (Å²) in [7, 11) is 0. The Morgan fingerprint density at radius 1 is 1.24 bits per heavy atom. The van der Waals surface area contributed by atoms with Gasteiger partial charge >= 0.3 is 0 Å². The third-order valence-electron chi connectivity index (χ3n) is 3.89. The molecule has 0 saturated heterocycles. The quantitative estimate of drug-likeness (QED) is 0.800. The van der Waals surface area contributed by atoms with Crippen LogP contribution in [0.3, 0.4) is 0 Å². The summed E-state index contributed by atoms with van der Waals surface area (Å²) in [5.41, 5.74) is 1.09. The first-order chi connectivity index (χ1) is 8.16. The minimum absolute atomic E-state index is 0.594. The van der Waals surface area contributed by atoms with E-state index in [0.29, 0.717) is 6.04 Å². The topological polar surface area (TPSA) is 12.0 Å². The van der Waals surface area contributed by atoms with Crippen LogP contribution in [0.4, 0.5) is 5.69 Å². The molecule has 0 bridgehead atoms. The highest BCUT2D eigenvalue weighted by Gasteiger charge is 2.24. The van der Waals surface area contributed by atoms with E-state index in [2.05, 4.69) is 25.2 Å². The lowest BCUT2D eigenvalue weighted by molar-refractivity contribution is 0.264. The van der Waals surface area contributed by atoms with Gasteiger partial charge in [-0.1, -0.05) is 50.4 Å². The molecule has 0 amide bonds. The Hall–Kier alpha value is -0.690. The molecule has 1 saturated carbocycles. The molecule has 2 heteroatoms. The summed E-state index contributed by atoms with van der Waals surface area (Å²) in [4.78, 5) is 0. The SMILES string of the molecule is CC(C)C1CCCC(Nc2ccccc2Cl)C1. The van der Waals surface area contributed by atoms with Gasteiger partial charge in [0.15, 0.2) is 0 Å². The van der Waals surface area contributed by atoms with E-state index < -0.39 is 0 Å². The van der Waals surface area contributed by atoms with Crippen molar-refractivity contribution in [2.24, 2.45) is 11.8 Å². The van der Waals surface area contributed by atoms with Gasteiger partial charge in [0.05, 0.1) is 10.7 Å². The van der Waals surface area contributed by atoms with Gasteiger partial charge in [0.1, 0.15) is 0 Å². The van der Waals surface area contributed by atoms with Gasteiger partial charge in [0.25, 0.3) is 0 Å². The van der Waals surface area contributed by atoms with E-state index in [1.54, 1.807) is 0 Å². The maximum Gasteiger partial charge on any atom is 0.0637 e. The fourth-order valence-electron chi connectivity index (χ4n) is 2.76. The van der Waals surface area contributed by atoms with Crippen molar-refractivity contribution < 1.29 is 0 Å². The molecule has 94 valence electrons. The number of nitrogens with one attached hydrogen (secondary N) is 1. The van der Waals surface area contributed by atoms with Crippen molar-refractivity contribution in [3.05, 3.63) is 29.3 Å². The van der Waals surface area contributed by atoms with E-state index in [-0.39, 0.29) is 0 Å². The van der Waals surface area contributed by atoms with E-state index in [0.717, 1.165) is 22.5 Å². The molecule has 0 heterocycles. The Balaban J connectivity index is 1.97. The van der Waals surface area contributed by atoms with Gasteiger partial charge in [0, 0.05) is 6.04 Å². The smallest absolute Gasteiger partial charge is 0.0637 e. The Labute approximate surface area is 110 Å². The average molecular weight is 252 g/mol. The van der Waals surface area contributed by atoms with Gasteiger partial charge in [-0.2, -0.15) is 0 Å². The van der Waals surface area contributed by atoms with Gasteiger partial charge in [-0.3, -0.25) is 0 Å². The zero-order valence-corrected chi connectivity index (χ0v) is 11.5. The monoisotopic (exact) mass is 251 g/mol. The van der Waals surface area contributed by atoms with Crippen LogP contribution in [0.5, 0.6) is 0 Å². The van der Waals surface area contributed by atoms with Crippen LogP contribution in [0.2, 0.25) is 5.02 Å². The molecule has 1 N–H and O–H groups in total. The molecule has 17 heavy (non-hydrogen) atoms. The predicted octanol–water partition coefficient (Wildman–Crippen LogP) is 4.97. The van der Waals surface area contributed by atoms with Crippen molar-refractivity contribution in [3.63, 3.8) is 0 Å². The fourth-order valence-corrected chi connectivity index (χ4v) is 2.95. The second-order valence-corrected chi connectivity index (χ2v) is 5.90. The van der Waals surface area contributed by atoms with Crippen LogP contribution in [-0.2, 0) is 0 Å². The Morgan fingerprint density at radius 2 is 2.00 bits per heavy atom. The molecule has 1 aromatic carbocycles. The van der Waals surface area contributed by atoms with Gasteiger partial charge in [0.2, 0.25) is 0 Å². The molecular formula is C15H22ClN. The van der Waals surface area contributed by atoms with Crippen molar-refractivity contribution in [3.8, 4) is 0 Å². The largest absolute Gasteiger partial charge is 0.381 e. The molecule has 0 radical (unpaired) electrons. The van der Waals surface area contributed by atoms with Gasteiger partial charge in [-0.05, 0) is 36.8 Å². The Morgan fingerprint density at radius 3 is 2.71 bits per heavy atom.